The number of carbonyl (C=O) groups excluding carboxylic acids is 2. The molecule has 0 aromatic heterocycles. The second-order valence-corrected chi connectivity index (χ2v) is 5.85. The van der Waals surface area contributed by atoms with Gasteiger partial charge in [0.15, 0.2) is 0 Å². The van der Waals surface area contributed by atoms with Gasteiger partial charge < -0.3 is 5.11 Å². The number of imide groups is 1. The summed E-state index contributed by atoms with van der Waals surface area (Å²) in [6, 6.07) is 5.45. The molecule has 3 atom stereocenters. The molecule has 1 aromatic carbocycles. The Hall–Kier alpha value is -1.75. The number of β-amino-alcohol motifs (C(OH)–C–C–N with tert-alkyl or cyclic N) is 1. The predicted octanol–water partition coefficient (Wildman–Crippen LogP) is 2.03. The molecule has 0 spiro atoms. The summed E-state index contributed by atoms with van der Waals surface area (Å²) >= 11 is 0. The van der Waals surface area contributed by atoms with Crippen LogP contribution in [0.2, 0.25) is 0 Å². The molecular weight excluding hydrogens is 273 g/mol. The van der Waals surface area contributed by atoms with Crippen LogP contribution in [0.15, 0.2) is 24.3 Å². The summed E-state index contributed by atoms with van der Waals surface area (Å²) in [5.41, 5.74) is 0.506. The number of amides is 2. The maximum absolute atomic E-state index is 12.9. The summed E-state index contributed by atoms with van der Waals surface area (Å²) in [5, 5.41) is 10.2. The van der Waals surface area contributed by atoms with E-state index in [0.29, 0.717) is 5.56 Å². The first-order valence-corrected chi connectivity index (χ1v) is 7.36. The molecule has 1 saturated heterocycles. The molecule has 1 N–H and O–H groups in total. The Labute approximate surface area is 122 Å². The smallest absolute Gasteiger partial charge is 0.233 e. The van der Waals surface area contributed by atoms with E-state index in [4.69, 9.17) is 0 Å². The number of fused-ring (bicyclic) bond motifs is 1. The number of hydrogen-bond acceptors (Lipinski definition) is 3. The van der Waals surface area contributed by atoms with Crippen molar-refractivity contribution in [2.75, 3.05) is 6.54 Å². The van der Waals surface area contributed by atoms with E-state index >= 15 is 0 Å². The summed E-state index contributed by atoms with van der Waals surface area (Å²) in [6.45, 7) is -0.0453. The van der Waals surface area contributed by atoms with Gasteiger partial charge in [0.1, 0.15) is 5.82 Å². The molecule has 2 fully saturated rings. The number of rotatable bonds is 3. The van der Waals surface area contributed by atoms with Gasteiger partial charge in [-0.05, 0) is 30.5 Å². The molecule has 0 unspecified atom stereocenters. The van der Waals surface area contributed by atoms with Crippen LogP contribution in [0.4, 0.5) is 4.39 Å². The molecule has 3 rings (SSSR count). The van der Waals surface area contributed by atoms with Crippen LogP contribution < -0.4 is 0 Å². The van der Waals surface area contributed by atoms with Crippen molar-refractivity contribution in [2.45, 2.75) is 31.8 Å². The first-order valence-electron chi connectivity index (χ1n) is 7.36. The van der Waals surface area contributed by atoms with Gasteiger partial charge in [-0.15, -0.1) is 0 Å². The average molecular weight is 291 g/mol. The highest BCUT2D eigenvalue weighted by molar-refractivity contribution is 6.05. The lowest BCUT2D eigenvalue weighted by atomic mass is 9.81. The second-order valence-electron chi connectivity index (χ2n) is 5.85. The molecular formula is C16H18FNO3. The van der Waals surface area contributed by atoms with Crippen LogP contribution in [0.1, 0.15) is 37.4 Å². The number of likely N-dealkylation sites (tertiary alicyclic amines) is 1. The fourth-order valence-electron chi connectivity index (χ4n) is 3.37. The van der Waals surface area contributed by atoms with Crippen molar-refractivity contribution >= 4 is 11.8 Å². The molecule has 1 saturated carbocycles. The van der Waals surface area contributed by atoms with E-state index in [0.717, 1.165) is 25.7 Å². The van der Waals surface area contributed by atoms with Crippen LogP contribution in [0.25, 0.3) is 0 Å². The molecule has 21 heavy (non-hydrogen) atoms. The Balaban J connectivity index is 1.73. The van der Waals surface area contributed by atoms with E-state index in [-0.39, 0.29) is 36.0 Å². The number of hydrogen-bond donors (Lipinski definition) is 1. The van der Waals surface area contributed by atoms with Gasteiger partial charge >= 0.3 is 0 Å². The second kappa shape index (κ2) is 5.56. The van der Waals surface area contributed by atoms with Gasteiger partial charge in [0.25, 0.3) is 0 Å². The highest BCUT2D eigenvalue weighted by Gasteiger charge is 2.48. The zero-order valence-electron chi connectivity index (χ0n) is 11.7. The third-order valence-corrected chi connectivity index (χ3v) is 4.54. The number of halogens is 1. The van der Waals surface area contributed by atoms with E-state index < -0.39 is 6.10 Å². The van der Waals surface area contributed by atoms with Gasteiger partial charge in [0, 0.05) is 0 Å². The van der Waals surface area contributed by atoms with E-state index in [2.05, 4.69) is 0 Å². The van der Waals surface area contributed by atoms with Crippen molar-refractivity contribution < 1.29 is 19.1 Å². The molecule has 1 aromatic rings. The van der Waals surface area contributed by atoms with Crippen molar-refractivity contribution in [3.05, 3.63) is 35.6 Å². The van der Waals surface area contributed by atoms with Crippen LogP contribution in [-0.2, 0) is 9.59 Å². The number of nitrogens with zero attached hydrogens (tertiary/aromatic N) is 1. The molecule has 112 valence electrons. The van der Waals surface area contributed by atoms with Crippen LogP contribution in [0.5, 0.6) is 0 Å². The molecule has 0 radical (unpaired) electrons. The maximum atomic E-state index is 12.9. The van der Waals surface area contributed by atoms with Gasteiger partial charge in [-0.2, -0.15) is 0 Å². The summed E-state index contributed by atoms with van der Waals surface area (Å²) in [6.07, 6.45) is 2.51. The van der Waals surface area contributed by atoms with E-state index in [1.807, 2.05) is 0 Å². The average Bonchev–Trinajstić information content (AvgIpc) is 2.73. The molecule has 2 amide bonds. The molecule has 4 nitrogen and oxygen atoms in total. The standard InChI is InChI=1S/C16H18FNO3/c17-11-7-5-10(6-8-11)14(19)9-18-15(20)12-3-1-2-4-13(12)16(18)21/h5-8,12-14,19H,1-4,9H2/t12-,13-,14+/m1/s1. The summed E-state index contributed by atoms with van der Waals surface area (Å²) in [4.78, 5) is 25.8. The van der Waals surface area contributed by atoms with E-state index in [1.54, 1.807) is 0 Å². The fraction of sp³-hybridized carbons (Fsp3) is 0.500. The van der Waals surface area contributed by atoms with Gasteiger partial charge in [-0.25, -0.2) is 4.39 Å². The number of carbonyl (C=O) groups is 2. The van der Waals surface area contributed by atoms with Gasteiger partial charge in [-0.1, -0.05) is 25.0 Å². The van der Waals surface area contributed by atoms with Gasteiger partial charge in [0.2, 0.25) is 11.8 Å². The van der Waals surface area contributed by atoms with Crippen LogP contribution in [-0.4, -0.2) is 28.4 Å². The lowest BCUT2D eigenvalue weighted by molar-refractivity contribution is -0.141. The SMILES string of the molecule is O=C1[C@@H]2CCCC[C@H]2C(=O)N1C[C@H](O)c1ccc(F)cc1. The summed E-state index contributed by atoms with van der Waals surface area (Å²) in [5.74, 6) is -1.11. The molecule has 1 heterocycles. The Morgan fingerprint density at radius 1 is 1.10 bits per heavy atom. The number of benzene rings is 1. The highest BCUT2D eigenvalue weighted by Crippen LogP contribution is 2.38. The van der Waals surface area contributed by atoms with Gasteiger partial charge in [-0.3, -0.25) is 14.5 Å². The molecule has 0 bridgehead atoms. The monoisotopic (exact) mass is 291 g/mol. The van der Waals surface area contributed by atoms with E-state index in [9.17, 15) is 19.1 Å². The fourth-order valence-corrected chi connectivity index (χ4v) is 3.37. The Morgan fingerprint density at radius 3 is 2.14 bits per heavy atom. The molecule has 5 heteroatoms. The van der Waals surface area contributed by atoms with Crippen molar-refractivity contribution in [3.63, 3.8) is 0 Å². The first kappa shape index (κ1) is 14.2. The minimum atomic E-state index is -0.973. The van der Waals surface area contributed by atoms with Crippen molar-refractivity contribution in [3.8, 4) is 0 Å². The third kappa shape index (κ3) is 2.58. The lowest BCUT2D eigenvalue weighted by Gasteiger charge is -2.19. The number of aliphatic hydroxyl groups excluding tert-OH is 1. The number of aliphatic hydroxyl groups is 1. The lowest BCUT2D eigenvalue weighted by Crippen LogP contribution is -2.35. The third-order valence-electron chi connectivity index (χ3n) is 4.54. The summed E-state index contributed by atoms with van der Waals surface area (Å²) in [7, 11) is 0. The van der Waals surface area contributed by atoms with Crippen LogP contribution in [0, 0.1) is 17.7 Å². The summed E-state index contributed by atoms with van der Waals surface area (Å²) < 4.78 is 12.9. The minimum absolute atomic E-state index is 0.0453. The minimum Gasteiger partial charge on any atom is -0.387 e. The van der Waals surface area contributed by atoms with Crippen molar-refractivity contribution in [1.82, 2.24) is 4.90 Å². The normalized spacial score (nSPS) is 26.9. The largest absolute Gasteiger partial charge is 0.387 e. The Kier molecular flexibility index (Phi) is 3.76. The zero-order chi connectivity index (χ0) is 15.0. The topological polar surface area (TPSA) is 57.6 Å². The maximum Gasteiger partial charge on any atom is 0.233 e. The molecule has 2 aliphatic rings. The zero-order valence-corrected chi connectivity index (χ0v) is 11.7. The quantitative estimate of drug-likeness (QED) is 0.867. The van der Waals surface area contributed by atoms with E-state index in [1.165, 1.54) is 29.2 Å². The van der Waals surface area contributed by atoms with Crippen molar-refractivity contribution in [1.29, 1.82) is 0 Å². The Morgan fingerprint density at radius 2 is 1.62 bits per heavy atom. The molecule has 1 aliphatic heterocycles. The predicted molar refractivity (Wildman–Crippen MR) is 73.5 cm³/mol. The first-order chi connectivity index (χ1) is 10.1. The highest BCUT2D eigenvalue weighted by atomic mass is 19.1. The van der Waals surface area contributed by atoms with Crippen LogP contribution in [0.3, 0.4) is 0 Å². The Bertz CT molecular complexity index is 533. The molecule has 1 aliphatic carbocycles. The van der Waals surface area contributed by atoms with Gasteiger partial charge in [0.05, 0.1) is 24.5 Å². The van der Waals surface area contributed by atoms with Crippen molar-refractivity contribution in [2.24, 2.45) is 11.8 Å². The van der Waals surface area contributed by atoms with Crippen LogP contribution >= 0.6 is 0 Å².